The number of nitrogens with zero attached hydrogens (tertiary/aromatic N) is 3. The average Bonchev–Trinajstić information content (AvgIpc) is 2.83. The van der Waals surface area contributed by atoms with E-state index in [0.717, 1.165) is 52.1 Å². The van der Waals surface area contributed by atoms with Crippen LogP contribution in [0, 0.1) is 0 Å². The number of ether oxygens (including phenoxy) is 1. The quantitative estimate of drug-likeness (QED) is 0.711. The molecule has 2 fully saturated rings. The van der Waals surface area contributed by atoms with Crippen molar-refractivity contribution in [3.63, 3.8) is 0 Å². The number of carbonyl (C=O) groups is 2. The minimum atomic E-state index is -0.201. The van der Waals surface area contributed by atoms with Crippen LogP contribution in [0.2, 0.25) is 0 Å². The van der Waals surface area contributed by atoms with Gasteiger partial charge in [-0.1, -0.05) is 12.8 Å². The molecule has 0 bridgehead atoms. The lowest BCUT2D eigenvalue weighted by molar-refractivity contribution is -0.147. The fourth-order valence-electron chi connectivity index (χ4n) is 3.24. The van der Waals surface area contributed by atoms with Gasteiger partial charge in [0.2, 0.25) is 5.91 Å². The number of hydrogen-bond donors (Lipinski definition) is 0. The van der Waals surface area contributed by atoms with E-state index < -0.39 is 0 Å². The van der Waals surface area contributed by atoms with Gasteiger partial charge in [0.15, 0.2) is 0 Å². The van der Waals surface area contributed by atoms with Gasteiger partial charge >= 0.3 is 5.97 Å². The maximum atomic E-state index is 12.4. The number of piperazine rings is 1. The van der Waals surface area contributed by atoms with Crippen molar-refractivity contribution >= 4 is 11.9 Å². The zero-order chi connectivity index (χ0) is 15.9. The third kappa shape index (κ3) is 4.68. The summed E-state index contributed by atoms with van der Waals surface area (Å²) in [5.41, 5.74) is 0. The predicted molar refractivity (Wildman–Crippen MR) is 84.5 cm³/mol. The Morgan fingerprint density at radius 1 is 0.955 bits per heavy atom. The van der Waals surface area contributed by atoms with Crippen molar-refractivity contribution in [2.45, 2.75) is 38.6 Å². The third-order valence-electron chi connectivity index (χ3n) is 4.81. The van der Waals surface area contributed by atoms with E-state index in [0.29, 0.717) is 6.54 Å². The van der Waals surface area contributed by atoms with Crippen LogP contribution in [0.25, 0.3) is 0 Å². The number of esters is 1. The van der Waals surface area contributed by atoms with Gasteiger partial charge in [-0.25, -0.2) is 0 Å². The molecule has 2 aliphatic rings. The van der Waals surface area contributed by atoms with Crippen molar-refractivity contribution in [2.24, 2.45) is 0 Å². The van der Waals surface area contributed by atoms with Crippen molar-refractivity contribution in [3.05, 3.63) is 0 Å². The first-order valence-corrected chi connectivity index (χ1v) is 8.44. The summed E-state index contributed by atoms with van der Waals surface area (Å²) in [5, 5.41) is 0. The fourth-order valence-corrected chi connectivity index (χ4v) is 3.24. The molecule has 22 heavy (non-hydrogen) atoms. The van der Waals surface area contributed by atoms with Gasteiger partial charge in [-0.2, -0.15) is 0 Å². The topological polar surface area (TPSA) is 53.1 Å². The maximum absolute atomic E-state index is 12.4. The van der Waals surface area contributed by atoms with Crippen molar-refractivity contribution in [3.8, 4) is 0 Å². The van der Waals surface area contributed by atoms with Crippen molar-refractivity contribution < 1.29 is 14.3 Å². The minimum absolute atomic E-state index is 0.186. The second-order valence-electron chi connectivity index (χ2n) is 6.31. The van der Waals surface area contributed by atoms with Gasteiger partial charge in [0.25, 0.3) is 0 Å². The second kappa shape index (κ2) is 8.48. The Labute approximate surface area is 133 Å². The predicted octanol–water partition coefficient (Wildman–Crippen LogP) is 0.568. The van der Waals surface area contributed by atoms with Gasteiger partial charge in [0.05, 0.1) is 13.7 Å². The van der Waals surface area contributed by atoms with E-state index >= 15 is 0 Å². The van der Waals surface area contributed by atoms with E-state index in [2.05, 4.69) is 9.80 Å². The minimum Gasteiger partial charge on any atom is -0.468 e. The van der Waals surface area contributed by atoms with Crippen molar-refractivity contribution in [1.82, 2.24) is 14.7 Å². The molecule has 6 nitrogen and oxygen atoms in total. The Bertz CT molecular complexity index is 373. The molecule has 2 saturated heterocycles. The van der Waals surface area contributed by atoms with Gasteiger partial charge in [0.1, 0.15) is 6.04 Å². The Kier molecular flexibility index (Phi) is 6.64. The first-order chi connectivity index (χ1) is 10.6. The highest BCUT2D eigenvalue weighted by atomic mass is 16.5. The van der Waals surface area contributed by atoms with Gasteiger partial charge < -0.3 is 9.64 Å². The molecule has 0 aromatic rings. The standard InChI is InChI=1S/C16H29N3O3/c1-14(16(21)22-2)18-11-9-17(10-12-18)13-15(20)19-7-5-3-4-6-8-19/h14H,3-13H2,1-2H3. The molecule has 2 heterocycles. The molecule has 0 spiro atoms. The van der Waals surface area contributed by atoms with E-state index in [1.54, 1.807) is 0 Å². The monoisotopic (exact) mass is 311 g/mol. The molecule has 2 aliphatic heterocycles. The summed E-state index contributed by atoms with van der Waals surface area (Å²) in [5.74, 6) is 0.0745. The first-order valence-electron chi connectivity index (χ1n) is 8.44. The lowest BCUT2D eigenvalue weighted by atomic mass is 10.2. The molecular weight excluding hydrogens is 282 g/mol. The van der Waals surface area contributed by atoms with E-state index in [-0.39, 0.29) is 17.9 Å². The number of carbonyl (C=O) groups excluding carboxylic acids is 2. The summed E-state index contributed by atoms with van der Waals surface area (Å²) < 4.78 is 4.79. The summed E-state index contributed by atoms with van der Waals surface area (Å²) >= 11 is 0. The van der Waals surface area contributed by atoms with Crippen LogP contribution in [0.3, 0.4) is 0 Å². The Morgan fingerprint density at radius 2 is 1.55 bits per heavy atom. The van der Waals surface area contributed by atoms with Crippen molar-refractivity contribution in [2.75, 3.05) is 52.9 Å². The van der Waals surface area contributed by atoms with E-state index in [9.17, 15) is 9.59 Å². The number of likely N-dealkylation sites (tertiary alicyclic amines) is 1. The SMILES string of the molecule is COC(=O)C(C)N1CCN(CC(=O)N2CCCCCC2)CC1. The highest BCUT2D eigenvalue weighted by molar-refractivity contribution is 5.78. The molecular formula is C16H29N3O3. The molecule has 0 radical (unpaired) electrons. The molecule has 2 rings (SSSR count). The molecule has 126 valence electrons. The van der Waals surface area contributed by atoms with E-state index in [1.807, 2.05) is 11.8 Å². The zero-order valence-corrected chi connectivity index (χ0v) is 13.9. The largest absolute Gasteiger partial charge is 0.468 e. The van der Waals surface area contributed by atoms with Crippen LogP contribution in [-0.4, -0.2) is 85.5 Å². The third-order valence-corrected chi connectivity index (χ3v) is 4.81. The molecule has 0 saturated carbocycles. The molecule has 6 heteroatoms. The van der Waals surface area contributed by atoms with Crippen LogP contribution in [0.15, 0.2) is 0 Å². The fraction of sp³-hybridized carbons (Fsp3) is 0.875. The van der Waals surface area contributed by atoms with Gasteiger partial charge in [-0.05, 0) is 19.8 Å². The van der Waals surface area contributed by atoms with E-state index in [4.69, 9.17) is 4.74 Å². The van der Waals surface area contributed by atoms with Crippen LogP contribution in [0.4, 0.5) is 0 Å². The lowest BCUT2D eigenvalue weighted by Crippen LogP contribution is -2.53. The summed E-state index contributed by atoms with van der Waals surface area (Å²) in [6, 6.07) is -0.201. The summed E-state index contributed by atoms with van der Waals surface area (Å²) in [7, 11) is 1.43. The molecule has 0 aromatic heterocycles. The average molecular weight is 311 g/mol. The van der Waals surface area contributed by atoms with Crippen LogP contribution in [0.1, 0.15) is 32.6 Å². The van der Waals surface area contributed by atoms with Crippen LogP contribution in [-0.2, 0) is 14.3 Å². The summed E-state index contributed by atoms with van der Waals surface area (Å²) in [6.07, 6.45) is 4.76. The molecule has 1 unspecified atom stereocenters. The molecule has 0 N–H and O–H groups in total. The number of hydrogen-bond acceptors (Lipinski definition) is 5. The second-order valence-corrected chi connectivity index (χ2v) is 6.31. The van der Waals surface area contributed by atoms with Gasteiger partial charge in [-0.3, -0.25) is 19.4 Å². The van der Waals surface area contributed by atoms with Crippen LogP contribution in [0.5, 0.6) is 0 Å². The van der Waals surface area contributed by atoms with Gasteiger partial charge in [-0.15, -0.1) is 0 Å². The van der Waals surface area contributed by atoms with Crippen LogP contribution < -0.4 is 0 Å². The molecule has 1 atom stereocenters. The zero-order valence-electron chi connectivity index (χ0n) is 13.9. The normalized spacial score (nSPS) is 22.9. The lowest BCUT2D eigenvalue weighted by Gasteiger charge is -2.37. The van der Waals surface area contributed by atoms with Crippen LogP contribution >= 0.6 is 0 Å². The molecule has 0 aliphatic carbocycles. The number of amides is 1. The first kappa shape index (κ1) is 17.2. The molecule has 0 aromatic carbocycles. The highest BCUT2D eigenvalue weighted by Crippen LogP contribution is 2.11. The summed E-state index contributed by atoms with van der Waals surface area (Å²) in [4.78, 5) is 30.3. The Morgan fingerprint density at radius 3 is 2.09 bits per heavy atom. The number of methoxy groups -OCH3 is 1. The van der Waals surface area contributed by atoms with Gasteiger partial charge in [0, 0.05) is 39.3 Å². The Hall–Kier alpha value is -1.14. The van der Waals surface area contributed by atoms with E-state index in [1.165, 1.54) is 20.0 Å². The van der Waals surface area contributed by atoms with Crippen molar-refractivity contribution in [1.29, 1.82) is 0 Å². The smallest absolute Gasteiger partial charge is 0.322 e. The maximum Gasteiger partial charge on any atom is 0.322 e. The number of rotatable bonds is 4. The molecule has 1 amide bonds. The highest BCUT2D eigenvalue weighted by Gasteiger charge is 2.27. The summed E-state index contributed by atoms with van der Waals surface area (Å²) in [6.45, 7) is 7.51. The Balaban J connectivity index is 1.74.